The van der Waals surface area contributed by atoms with E-state index >= 15 is 0 Å². The number of ether oxygens (including phenoxy) is 2. The molecule has 0 aliphatic carbocycles. The highest BCUT2D eigenvalue weighted by Gasteiger charge is 2.22. The molecule has 2 aromatic rings. The Labute approximate surface area is 137 Å². The number of methoxy groups -OCH3 is 2. The topological polar surface area (TPSA) is 42.5 Å². The second-order valence-corrected chi connectivity index (χ2v) is 5.91. The van der Waals surface area contributed by atoms with Gasteiger partial charge in [-0.1, -0.05) is 17.7 Å². The summed E-state index contributed by atoms with van der Waals surface area (Å²) in [5.74, 6) is 1.59. The Morgan fingerprint density at radius 3 is 2.48 bits per heavy atom. The molecule has 0 amide bonds. The number of anilines is 1. The largest absolute Gasteiger partial charge is 0.493 e. The second-order valence-electron chi connectivity index (χ2n) is 5.91. The van der Waals surface area contributed by atoms with Crippen LogP contribution in [0.3, 0.4) is 0 Å². The molecule has 0 radical (unpaired) electrons. The molecule has 0 bridgehead atoms. The average molecular weight is 312 g/mol. The van der Waals surface area contributed by atoms with Crippen molar-refractivity contribution in [1.82, 2.24) is 5.32 Å². The van der Waals surface area contributed by atoms with Crippen LogP contribution in [0.2, 0.25) is 0 Å². The van der Waals surface area contributed by atoms with Crippen molar-refractivity contribution in [1.29, 1.82) is 0 Å². The van der Waals surface area contributed by atoms with Crippen molar-refractivity contribution in [3.63, 3.8) is 0 Å². The van der Waals surface area contributed by atoms with Crippen LogP contribution in [0.5, 0.6) is 11.5 Å². The van der Waals surface area contributed by atoms with Crippen LogP contribution >= 0.6 is 0 Å². The van der Waals surface area contributed by atoms with Crippen LogP contribution in [0, 0.1) is 6.92 Å². The lowest BCUT2D eigenvalue weighted by Gasteiger charge is -2.28. The predicted molar refractivity (Wildman–Crippen MR) is 93.7 cm³/mol. The van der Waals surface area contributed by atoms with Gasteiger partial charge in [-0.05, 0) is 55.3 Å². The van der Waals surface area contributed by atoms with Crippen LogP contribution in [-0.4, -0.2) is 27.3 Å². The highest BCUT2D eigenvalue weighted by molar-refractivity contribution is 5.50. The second kappa shape index (κ2) is 6.92. The number of rotatable bonds is 5. The summed E-state index contributed by atoms with van der Waals surface area (Å²) in [6, 6.07) is 13.0. The normalized spacial score (nSPS) is 16.6. The Kier molecular flexibility index (Phi) is 4.72. The fourth-order valence-corrected chi connectivity index (χ4v) is 3.04. The number of nitrogens with one attached hydrogen (secondary N) is 2. The summed E-state index contributed by atoms with van der Waals surface area (Å²) in [6.07, 6.45) is 1.01. The molecular formula is C19H24N2O2. The summed E-state index contributed by atoms with van der Waals surface area (Å²) in [6.45, 7) is 3.91. The molecule has 4 heteroatoms. The SMILES string of the molecule is COc1cc2c(cc1OC)C(CNc1ccc(C)cc1)NCC2. The molecule has 0 fully saturated rings. The van der Waals surface area contributed by atoms with Gasteiger partial charge in [0, 0.05) is 18.3 Å². The molecule has 0 saturated carbocycles. The summed E-state index contributed by atoms with van der Waals surface area (Å²) in [7, 11) is 3.36. The van der Waals surface area contributed by atoms with Gasteiger partial charge in [-0.2, -0.15) is 0 Å². The van der Waals surface area contributed by atoms with Crippen molar-refractivity contribution < 1.29 is 9.47 Å². The number of hydrogen-bond donors (Lipinski definition) is 2. The summed E-state index contributed by atoms with van der Waals surface area (Å²) in [5, 5.41) is 7.10. The minimum Gasteiger partial charge on any atom is -0.493 e. The van der Waals surface area contributed by atoms with Crippen LogP contribution in [0.1, 0.15) is 22.7 Å². The van der Waals surface area contributed by atoms with E-state index < -0.39 is 0 Å². The molecule has 1 aliphatic heterocycles. The zero-order valence-corrected chi connectivity index (χ0v) is 14.0. The maximum Gasteiger partial charge on any atom is 0.161 e. The fourth-order valence-electron chi connectivity index (χ4n) is 3.04. The van der Waals surface area contributed by atoms with Crippen molar-refractivity contribution >= 4 is 5.69 Å². The molecule has 122 valence electrons. The lowest BCUT2D eigenvalue weighted by atomic mass is 9.93. The van der Waals surface area contributed by atoms with Gasteiger partial charge < -0.3 is 20.1 Å². The third-order valence-electron chi connectivity index (χ3n) is 4.37. The van der Waals surface area contributed by atoms with Gasteiger partial charge in [0.05, 0.1) is 14.2 Å². The van der Waals surface area contributed by atoms with Crippen LogP contribution in [0.25, 0.3) is 0 Å². The number of benzene rings is 2. The van der Waals surface area contributed by atoms with E-state index in [2.05, 4.69) is 54.0 Å². The van der Waals surface area contributed by atoms with E-state index in [-0.39, 0.29) is 6.04 Å². The zero-order valence-electron chi connectivity index (χ0n) is 14.0. The van der Waals surface area contributed by atoms with Gasteiger partial charge in [0.15, 0.2) is 11.5 Å². The van der Waals surface area contributed by atoms with Gasteiger partial charge in [0.25, 0.3) is 0 Å². The first-order valence-corrected chi connectivity index (χ1v) is 8.00. The predicted octanol–water partition coefficient (Wildman–Crippen LogP) is 3.31. The van der Waals surface area contributed by atoms with E-state index in [1.165, 1.54) is 16.7 Å². The lowest BCUT2D eigenvalue weighted by Crippen LogP contribution is -2.34. The molecular weight excluding hydrogens is 288 g/mol. The Balaban J connectivity index is 1.79. The van der Waals surface area contributed by atoms with Crippen LogP contribution in [0.4, 0.5) is 5.69 Å². The number of fused-ring (bicyclic) bond motifs is 1. The van der Waals surface area contributed by atoms with Crippen molar-refractivity contribution in [3.8, 4) is 11.5 Å². The molecule has 0 saturated heterocycles. The lowest BCUT2D eigenvalue weighted by molar-refractivity contribution is 0.352. The molecule has 23 heavy (non-hydrogen) atoms. The molecule has 0 spiro atoms. The summed E-state index contributed by atoms with van der Waals surface area (Å²) < 4.78 is 10.9. The third-order valence-corrected chi connectivity index (χ3v) is 4.37. The van der Waals surface area contributed by atoms with Crippen molar-refractivity contribution in [3.05, 3.63) is 53.1 Å². The molecule has 1 aliphatic rings. The van der Waals surface area contributed by atoms with E-state index in [1.54, 1.807) is 14.2 Å². The zero-order chi connectivity index (χ0) is 16.2. The van der Waals surface area contributed by atoms with Gasteiger partial charge in [-0.3, -0.25) is 0 Å². The number of aryl methyl sites for hydroxylation is 1. The Morgan fingerprint density at radius 1 is 1.09 bits per heavy atom. The van der Waals surface area contributed by atoms with Gasteiger partial charge in [0.2, 0.25) is 0 Å². The van der Waals surface area contributed by atoms with Crippen LogP contribution in [0.15, 0.2) is 36.4 Å². The Bertz CT molecular complexity index is 668. The fraction of sp³-hybridized carbons (Fsp3) is 0.368. The molecule has 1 unspecified atom stereocenters. The van der Waals surface area contributed by atoms with E-state index in [9.17, 15) is 0 Å². The Hall–Kier alpha value is -2.20. The molecule has 3 rings (SSSR count). The minimum absolute atomic E-state index is 0.264. The molecule has 0 aromatic heterocycles. The molecule has 1 heterocycles. The summed E-state index contributed by atoms with van der Waals surface area (Å²) in [5.41, 5.74) is 5.03. The van der Waals surface area contributed by atoms with Crippen molar-refractivity contribution in [2.24, 2.45) is 0 Å². The highest BCUT2D eigenvalue weighted by Crippen LogP contribution is 2.35. The van der Waals surface area contributed by atoms with E-state index in [0.717, 1.165) is 36.7 Å². The van der Waals surface area contributed by atoms with Crippen molar-refractivity contribution in [2.45, 2.75) is 19.4 Å². The van der Waals surface area contributed by atoms with Gasteiger partial charge in [-0.25, -0.2) is 0 Å². The first-order valence-electron chi connectivity index (χ1n) is 8.00. The first-order chi connectivity index (χ1) is 11.2. The molecule has 4 nitrogen and oxygen atoms in total. The highest BCUT2D eigenvalue weighted by atomic mass is 16.5. The van der Waals surface area contributed by atoms with Gasteiger partial charge in [-0.15, -0.1) is 0 Å². The molecule has 2 N–H and O–H groups in total. The maximum absolute atomic E-state index is 5.45. The molecule has 1 atom stereocenters. The van der Waals surface area contributed by atoms with E-state index in [0.29, 0.717) is 0 Å². The standard InChI is InChI=1S/C19H24N2O2/c1-13-4-6-15(7-5-13)21-12-17-16-11-19(23-3)18(22-2)10-14(16)8-9-20-17/h4-7,10-11,17,20-21H,8-9,12H2,1-3H3. The Morgan fingerprint density at radius 2 is 1.78 bits per heavy atom. The van der Waals surface area contributed by atoms with E-state index in [4.69, 9.17) is 9.47 Å². The first kappa shape index (κ1) is 15.7. The average Bonchev–Trinajstić information content (AvgIpc) is 2.60. The minimum atomic E-state index is 0.264. The smallest absolute Gasteiger partial charge is 0.161 e. The van der Waals surface area contributed by atoms with Crippen LogP contribution < -0.4 is 20.1 Å². The quantitative estimate of drug-likeness (QED) is 0.889. The number of hydrogen-bond acceptors (Lipinski definition) is 4. The van der Waals surface area contributed by atoms with Gasteiger partial charge >= 0.3 is 0 Å². The third kappa shape index (κ3) is 3.42. The van der Waals surface area contributed by atoms with Crippen LogP contribution in [-0.2, 0) is 6.42 Å². The summed E-state index contributed by atoms with van der Waals surface area (Å²) >= 11 is 0. The van der Waals surface area contributed by atoms with Crippen molar-refractivity contribution in [2.75, 3.05) is 32.6 Å². The monoisotopic (exact) mass is 312 g/mol. The van der Waals surface area contributed by atoms with E-state index in [1.807, 2.05) is 0 Å². The summed E-state index contributed by atoms with van der Waals surface area (Å²) in [4.78, 5) is 0. The maximum atomic E-state index is 5.45. The van der Waals surface area contributed by atoms with Gasteiger partial charge in [0.1, 0.15) is 0 Å². The molecule has 2 aromatic carbocycles.